The molecular weight excluding hydrogens is 352 g/mol. The summed E-state index contributed by atoms with van der Waals surface area (Å²) in [4.78, 5) is 0. The van der Waals surface area contributed by atoms with Crippen molar-refractivity contribution in [2.75, 3.05) is 5.33 Å². The Labute approximate surface area is 126 Å². The van der Waals surface area contributed by atoms with Gasteiger partial charge in [0, 0.05) is 10.7 Å². The van der Waals surface area contributed by atoms with Gasteiger partial charge >= 0.3 is 0 Å². The van der Waals surface area contributed by atoms with Gasteiger partial charge in [0.25, 0.3) is 0 Å². The summed E-state index contributed by atoms with van der Waals surface area (Å²) in [6, 6.07) is 17.3. The number of rotatable bonds is 5. The van der Waals surface area contributed by atoms with E-state index in [0.717, 1.165) is 17.1 Å². The lowest BCUT2D eigenvalue weighted by Crippen LogP contribution is -1.93. The highest BCUT2D eigenvalue weighted by Crippen LogP contribution is 2.29. The second kappa shape index (κ2) is 7.10. The molecule has 2 rings (SSSR count). The van der Waals surface area contributed by atoms with Gasteiger partial charge in [0.05, 0.1) is 0 Å². The minimum Gasteiger partial charge on any atom is -0.0928 e. The van der Waals surface area contributed by atoms with Crippen LogP contribution >= 0.6 is 31.9 Å². The Kier molecular flexibility index (Phi) is 5.45. The van der Waals surface area contributed by atoms with Gasteiger partial charge in [-0.1, -0.05) is 80.4 Å². The van der Waals surface area contributed by atoms with Gasteiger partial charge in [-0.3, -0.25) is 0 Å². The Morgan fingerprint density at radius 1 is 0.722 bits per heavy atom. The molecule has 0 aliphatic heterocycles. The third kappa shape index (κ3) is 3.24. The Morgan fingerprint density at radius 2 is 1.28 bits per heavy atom. The number of benzene rings is 2. The summed E-state index contributed by atoms with van der Waals surface area (Å²) in [5.41, 5.74) is 5.50. The summed E-state index contributed by atoms with van der Waals surface area (Å²) in [7, 11) is 0. The zero-order valence-corrected chi connectivity index (χ0v) is 13.4. The summed E-state index contributed by atoms with van der Waals surface area (Å²) in [5.74, 6) is 0. The molecule has 0 bridgehead atoms. The fourth-order valence-corrected chi connectivity index (χ4v) is 2.93. The molecule has 0 atom stereocenters. The molecule has 0 saturated heterocycles. The van der Waals surface area contributed by atoms with Crippen molar-refractivity contribution in [3.8, 4) is 11.1 Å². The minimum atomic E-state index is 0.899. The predicted octanol–water partition coefficient (Wildman–Crippen LogP) is 5.58. The molecule has 0 spiro atoms. The smallest absolute Gasteiger partial charge is 0.0289 e. The van der Waals surface area contributed by atoms with Crippen LogP contribution in [0, 0.1) is 0 Å². The van der Waals surface area contributed by atoms with Crippen LogP contribution in [0.5, 0.6) is 0 Å². The highest BCUT2D eigenvalue weighted by atomic mass is 79.9. The topological polar surface area (TPSA) is 0 Å². The molecule has 94 valence electrons. The molecule has 2 aromatic rings. The molecule has 0 aromatic heterocycles. The molecule has 0 aliphatic carbocycles. The third-order valence-electron chi connectivity index (χ3n) is 3.05. The van der Waals surface area contributed by atoms with Gasteiger partial charge < -0.3 is 0 Å². The molecule has 0 amide bonds. The van der Waals surface area contributed by atoms with Crippen LogP contribution in [-0.2, 0) is 11.8 Å². The lowest BCUT2D eigenvalue weighted by Gasteiger charge is -2.12. The van der Waals surface area contributed by atoms with Crippen LogP contribution < -0.4 is 0 Å². The summed E-state index contributed by atoms with van der Waals surface area (Å²) in [6.07, 6.45) is 2.30. The average molecular weight is 368 g/mol. The van der Waals surface area contributed by atoms with E-state index in [1.165, 1.54) is 28.7 Å². The largest absolute Gasteiger partial charge is 0.0928 e. The van der Waals surface area contributed by atoms with Crippen molar-refractivity contribution in [3.05, 3.63) is 59.7 Å². The van der Waals surface area contributed by atoms with Crippen LogP contribution in [0.25, 0.3) is 11.1 Å². The monoisotopic (exact) mass is 366 g/mol. The van der Waals surface area contributed by atoms with E-state index in [0.29, 0.717) is 0 Å². The Bertz CT molecular complexity index is 506. The molecule has 2 heteroatoms. The molecular formula is C16H16Br2. The second-order valence-corrected chi connectivity index (χ2v) is 5.59. The molecule has 18 heavy (non-hydrogen) atoms. The van der Waals surface area contributed by atoms with Crippen LogP contribution in [0.2, 0.25) is 0 Å². The van der Waals surface area contributed by atoms with Gasteiger partial charge in [-0.2, -0.15) is 0 Å². The number of aryl methyl sites for hydroxylation is 1. The summed E-state index contributed by atoms with van der Waals surface area (Å²) in [5, 5.41) is 1.96. The van der Waals surface area contributed by atoms with Gasteiger partial charge in [-0.25, -0.2) is 0 Å². The average Bonchev–Trinajstić information content (AvgIpc) is 2.45. The fourth-order valence-electron chi connectivity index (χ4n) is 2.16. The van der Waals surface area contributed by atoms with Gasteiger partial charge in [-0.05, 0) is 35.1 Å². The van der Waals surface area contributed by atoms with Crippen LogP contribution in [0.1, 0.15) is 17.5 Å². The minimum absolute atomic E-state index is 0.899. The van der Waals surface area contributed by atoms with E-state index in [4.69, 9.17) is 0 Å². The lowest BCUT2D eigenvalue weighted by molar-refractivity contribution is 0.941. The van der Waals surface area contributed by atoms with E-state index in [9.17, 15) is 0 Å². The Hall–Kier alpha value is -0.600. The molecule has 0 fully saturated rings. The van der Waals surface area contributed by atoms with Gasteiger partial charge in [0.1, 0.15) is 0 Å². The van der Waals surface area contributed by atoms with Gasteiger partial charge in [0.2, 0.25) is 0 Å². The van der Waals surface area contributed by atoms with E-state index < -0.39 is 0 Å². The van der Waals surface area contributed by atoms with Crippen LogP contribution in [0.3, 0.4) is 0 Å². The van der Waals surface area contributed by atoms with Crippen molar-refractivity contribution in [2.45, 2.75) is 18.2 Å². The summed E-state index contributed by atoms with van der Waals surface area (Å²) in [6.45, 7) is 0. The van der Waals surface area contributed by atoms with E-state index in [-0.39, 0.29) is 0 Å². The van der Waals surface area contributed by atoms with Crippen LogP contribution in [-0.4, -0.2) is 5.33 Å². The number of halogens is 2. The molecule has 0 aliphatic rings. The molecule has 0 nitrogen and oxygen atoms in total. The van der Waals surface area contributed by atoms with E-state index in [1.807, 2.05) is 0 Å². The number of hydrogen-bond acceptors (Lipinski definition) is 0. The van der Waals surface area contributed by atoms with Gasteiger partial charge in [-0.15, -0.1) is 0 Å². The molecule has 2 aromatic carbocycles. The third-order valence-corrected chi connectivity index (χ3v) is 4.21. The zero-order chi connectivity index (χ0) is 12.8. The maximum Gasteiger partial charge on any atom is 0.0289 e. The molecule has 0 N–H and O–H groups in total. The van der Waals surface area contributed by atoms with E-state index >= 15 is 0 Å². The second-order valence-electron chi connectivity index (χ2n) is 4.24. The lowest BCUT2D eigenvalue weighted by atomic mass is 9.94. The van der Waals surface area contributed by atoms with Gasteiger partial charge in [0.15, 0.2) is 0 Å². The zero-order valence-electron chi connectivity index (χ0n) is 10.2. The van der Waals surface area contributed by atoms with Crippen molar-refractivity contribution >= 4 is 31.9 Å². The molecule has 0 unspecified atom stereocenters. The highest BCUT2D eigenvalue weighted by molar-refractivity contribution is 9.09. The van der Waals surface area contributed by atoms with E-state index in [1.54, 1.807) is 0 Å². The first-order valence-electron chi connectivity index (χ1n) is 6.15. The summed E-state index contributed by atoms with van der Waals surface area (Å²) >= 11 is 7.08. The summed E-state index contributed by atoms with van der Waals surface area (Å²) < 4.78 is 0. The van der Waals surface area contributed by atoms with Crippen molar-refractivity contribution in [1.29, 1.82) is 0 Å². The number of hydrogen-bond donors (Lipinski definition) is 0. The Morgan fingerprint density at radius 3 is 1.89 bits per heavy atom. The highest BCUT2D eigenvalue weighted by Gasteiger charge is 2.07. The number of alkyl halides is 2. The standard InChI is InChI=1S/C16H16Br2/c17-11-5-8-13-6-1-3-9-15(13)16-10-4-2-7-14(16)12-18/h1-4,6-7,9-10H,5,8,11-12H2. The normalized spacial score (nSPS) is 10.6. The van der Waals surface area contributed by atoms with Crippen LogP contribution in [0.4, 0.5) is 0 Å². The molecule has 0 heterocycles. The predicted molar refractivity (Wildman–Crippen MR) is 86.6 cm³/mol. The van der Waals surface area contributed by atoms with E-state index in [2.05, 4.69) is 80.4 Å². The first-order valence-corrected chi connectivity index (χ1v) is 8.39. The van der Waals surface area contributed by atoms with Crippen LogP contribution in [0.15, 0.2) is 48.5 Å². The van der Waals surface area contributed by atoms with Crippen molar-refractivity contribution in [1.82, 2.24) is 0 Å². The van der Waals surface area contributed by atoms with Crippen molar-refractivity contribution in [3.63, 3.8) is 0 Å². The first kappa shape index (κ1) is 13.8. The maximum absolute atomic E-state index is 3.58. The maximum atomic E-state index is 3.58. The Balaban J connectivity index is 2.43. The fraction of sp³-hybridized carbons (Fsp3) is 0.250. The SMILES string of the molecule is BrCCCc1ccccc1-c1ccccc1CBr. The van der Waals surface area contributed by atoms with Crippen molar-refractivity contribution < 1.29 is 0 Å². The first-order chi connectivity index (χ1) is 8.86. The molecule has 0 saturated carbocycles. The molecule has 0 radical (unpaired) electrons. The quantitative estimate of drug-likeness (QED) is 0.605. The van der Waals surface area contributed by atoms with Crippen molar-refractivity contribution in [2.24, 2.45) is 0 Å².